The second-order valence-electron chi connectivity index (χ2n) is 6.75. The molecule has 3 heterocycles. The van der Waals surface area contributed by atoms with Crippen molar-refractivity contribution < 1.29 is 13.9 Å². The number of likely N-dealkylation sites (N-methyl/N-ethyl adjacent to an activating group) is 1. The lowest BCUT2D eigenvalue weighted by atomic mass is 10.1. The maximum atomic E-state index is 14.2. The van der Waals surface area contributed by atoms with Crippen LogP contribution in [0.4, 0.5) is 9.18 Å². The Balaban J connectivity index is 1.79. The number of nitrogens with one attached hydrogen (secondary N) is 1. The largest absolute Gasteiger partial charge is 0.434 e. The molecule has 1 aliphatic heterocycles. The van der Waals surface area contributed by atoms with Gasteiger partial charge in [-0.1, -0.05) is 18.2 Å². The summed E-state index contributed by atoms with van der Waals surface area (Å²) < 4.78 is 20.6. The predicted octanol–water partition coefficient (Wildman–Crippen LogP) is 1.04. The third-order valence-electron chi connectivity index (χ3n) is 4.83. The summed E-state index contributed by atoms with van der Waals surface area (Å²) in [5.41, 5.74) is 12.6. The van der Waals surface area contributed by atoms with Crippen molar-refractivity contribution in [1.82, 2.24) is 19.7 Å². The number of aromatic nitrogens is 3. The quantitative estimate of drug-likeness (QED) is 0.585. The summed E-state index contributed by atoms with van der Waals surface area (Å²) in [5, 5.41) is 13.4. The summed E-state index contributed by atoms with van der Waals surface area (Å²) in [5.74, 6) is -0.293. The number of amides is 1. The van der Waals surface area contributed by atoms with Gasteiger partial charge in [0.2, 0.25) is 0 Å². The van der Waals surface area contributed by atoms with E-state index < -0.39 is 18.4 Å². The van der Waals surface area contributed by atoms with Crippen LogP contribution in [0.25, 0.3) is 11.0 Å². The first-order valence-corrected chi connectivity index (χ1v) is 9.03. The highest BCUT2D eigenvalue weighted by atomic mass is 19.1. The van der Waals surface area contributed by atoms with Gasteiger partial charge in [-0.15, -0.1) is 0 Å². The van der Waals surface area contributed by atoms with E-state index in [2.05, 4.69) is 15.1 Å². The number of ether oxygens (including phenoxy) is 1. The van der Waals surface area contributed by atoms with E-state index in [9.17, 15) is 9.18 Å². The Morgan fingerprint density at radius 3 is 2.80 bits per heavy atom. The van der Waals surface area contributed by atoms with Gasteiger partial charge in [0.1, 0.15) is 17.7 Å². The Labute approximate surface area is 170 Å². The highest BCUT2D eigenvalue weighted by molar-refractivity contribution is 6.13. The monoisotopic (exact) mass is 410 g/mol. The first-order chi connectivity index (χ1) is 14.4. The van der Waals surface area contributed by atoms with Crippen molar-refractivity contribution in [3.05, 3.63) is 59.7 Å². The standard InChI is InChI=1S/C19H19FN8O2/c1-27-16(22)14(30-19(23)29)15(21)25-18(27)13-11-6-4-8-24-17(11)28(26-13)9-10-5-2-3-7-12(10)20/h2-8,14,16,21H,9,22H2,1H3,(H2,23,29). The molecular weight excluding hydrogens is 391 g/mol. The van der Waals surface area contributed by atoms with Crippen molar-refractivity contribution in [2.24, 2.45) is 16.5 Å². The van der Waals surface area contributed by atoms with Crippen molar-refractivity contribution in [1.29, 1.82) is 5.41 Å². The number of nitrogens with zero attached hydrogens (tertiary/aromatic N) is 5. The summed E-state index contributed by atoms with van der Waals surface area (Å²) in [7, 11) is 1.64. The fourth-order valence-corrected chi connectivity index (χ4v) is 3.31. The number of hydrogen-bond donors (Lipinski definition) is 3. The minimum absolute atomic E-state index is 0.161. The zero-order valence-electron chi connectivity index (χ0n) is 16.0. The van der Waals surface area contributed by atoms with E-state index >= 15 is 0 Å². The van der Waals surface area contributed by atoms with E-state index in [0.29, 0.717) is 28.1 Å². The number of fused-ring (bicyclic) bond motifs is 1. The van der Waals surface area contributed by atoms with Crippen LogP contribution in [-0.4, -0.2) is 56.7 Å². The lowest BCUT2D eigenvalue weighted by Crippen LogP contribution is -2.58. The van der Waals surface area contributed by atoms with Crippen molar-refractivity contribution in [3.63, 3.8) is 0 Å². The number of amidine groups is 2. The Kier molecular flexibility index (Phi) is 4.88. The van der Waals surface area contributed by atoms with Crippen molar-refractivity contribution >= 4 is 28.8 Å². The third kappa shape index (κ3) is 3.35. The number of carbonyl (C=O) groups excluding carboxylic acids is 1. The number of hydrogen-bond acceptors (Lipinski definition) is 7. The fourth-order valence-electron chi connectivity index (χ4n) is 3.31. The van der Waals surface area contributed by atoms with Crippen molar-refractivity contribution in [3.8, 4) is 0 Å². The maximum Gasteiger partial charge on any atom is 0.405 e. The van der Waals surface area contributed by atoms with Gasteiger partial charge in [-0.2, -0.15) is 5.10 Å². The number of rotatable bonds is 4. The molecule has 11 heteroatoms. The minimum atomic E-state index is -1.11. The van der Waals surface area contributed by atoms with Crippen LogP contribution < -0.4 is 11.5 Å². The van der Waals surface area contributed by atoms with Gasteiger partial charge < -0.3 is 21.1 Å². The second kappa shape index (κ2) is 7.52. The molecule has 2 aromatic heterocycles. The summed E-state index contributed by atoms with van der Waals surface area (Å²) >= 11 is 0. The normalized spacial score (nSPS) is 19.1. The molecule has 0 bridgehead atoms. The molecule has 5 N–H and O–H groups in total. The molecule has 1 aromatic carbocycles. The van der Waals surface area contributed by atoms with E-state index in [-0.39, 0.29) is 18.2 Å². The van der Waals surface area contributed by atoms with Crippen LogP contribution in [0.2, 0.25) is 0 Å². The van der Waals surface area contributed by atoms with Crippen LogP contribution >= 0.6 is 0 Å². The molecule has 2 unspecified atom stereocenters. The smallest absolute Gasteiger partial charge is 0.405 e. The highest BCUT2D eigenvalue weighted by Gasteiger charge is 2.37. The molecule has 0 spiro atoms. The topological polar surface area (TPSA) is 148 Å². The van der Waals surface area contributed by atoms with Crippen molar-refractivity contribution in [2.75, 3.05) is 7.05 Å². The molecule has 0 radical (unpaired) electrons. The molecule has 1 amide bonds. The number of carbonyl (C=O) groups is 1. The molecule has 154 valence electrons. The van der Waals surface area contributed by atoms with Gasteiger partial charge in [0.15, 0.2) is 23.4 Å². The summed E-state index contributed by atoms with van der Waals surface area (Å²) in [6.07, 6.45) is -1.43. The zero-order chi connectivity index (χ0) is 21.4. The van der Waals surface area contributed by atoms with Crippen LogP contribution in [0.1, 0.15) is 11.3 Å². The number of nitrogens with two attached hydrogens (primary N) is 2. The molecule has 30 heavy (non-hydrogen) atoms. The molecule has 0 fully saturated rings. The molecular formula is C19H19FN8O2. The molecule has 3 aromatic rings. The Hall–Kier alpha value is -3.86. The summed E-state index contributed by atoms with van der Waals surface area (Å²) in [4.78, 5) is 21.3. The first-order valence-electron chi connectivity index (χ1n) is 9.03. The number of aliphatic imine (C=N–C) groups is 1. The van der Waals surface area contributed by atoms with E-state index in [1.807, 2.05) is 0 Å². The average molecular weight is 410 g/mol. The van der Waals surface area contributed by atoms with Gasteiger partial charge in [0, 0.05) is 18.8 Å². The Bertz CT molecular complexity index is 1170. The van der Waals surface area contributed by atoms with Crippen LogP contribution in [0.3, 0.4) is 0 Å². The van der Waals surface area contributed by atoms with E-state index in [4.69, 9.17) is 21.6 Å². The fraction of sp³-hybridized carbons (Fsp3) is 0.211. The highest BCUT2D eigenvalue weighted by Crippen LogP contribution is 2.23. The second-order valence-corrected chi connectivity index (χ2v) is 6.75. The van der Waals surface area contributed by atoms with E-state index in [1.54, 1.807) is 53.2 Å². The first kappa shape index (κ1) is 19.5. The lowest BCUT2D eigenvalue weighted by molar-refractivity contribution is 0.0965. The average Bonchev–Trinajstić information content (AvgIpc) is 3.08. The Morgan fingerprint density at radius 2 is 2.07 bits per heavy atom. The van der Waals surface area contributed by atoms with Gasteiger partial charge >= 0.3 is 6.09 Å². The van der Waals surface area contributed by atoms with Gasteiger partial charge in [-0.3, -0.25) is 5.41 Å². The Morgan fingerprint density at radius 1 is 1.30 bits per heavy atom. The minimum Gasteiger partial charge on any atom is -0.434 e. The molecule has 4 rings (SSSR count). The molecule has 2 atom stereocenters. The van der Waals surface area contributed by atoms with Gasteiger partial charge in [0.25, 0.3) is 0 Å². The van der Waals surface area contributed by atoms with Crippen LogP contribution in [-0.2, 0) is 11.3 Å². The molecule has 0 aliphatic carbocycles. The number of halogens is 1. The number of benzene rings is 1. The summed E-state index contributed by atoms with van der Waals surface area (Å²) in [6.45, 7) is 0.161. The van der Waals surface area contributed by atoms with E-state index in [0.717, 1.165) is 0 Å². The summed E-state index contributed by atoms with van der Waals surface area (Å²) in [6, 6.07) is 9.97. The SMILES string of the molecule is CN1C(c2nn(Cc3ccccc3F)c3ncccc23)=NC(=N)C(OC(N)=O)C1N. The van der Waals surface area contributed by atoms with Gasteiger partial charge in [0.05, 0.1) is 11.9 Å². The molecule has 0 saturated heterocycles. The van der Waals surface area contributed by atoms with Gasteiger partial charge in [-0.05, 0) is 18.2 Å². The van der Waals surface area contributed by atoms with Gasteiger partial charge in [-0.25, -0.2) is 23.8 Å². The van der Waals surface area contributed by atoms with Crippen LogP contribution in [0.5, 0.6) is 0 Å². The van der Waals surface area contributed by atoms with Crippen molar-refractivity contribution in [2.45, 2.75) is 18.8 Å². The van der Waals surface area contributed by atoms with Crippen LogP contribution in [0, 0.1) is 11.2 Å². The zero-order valence-corrected chi connectivity index (χ0v) is 16.0. The maximum absolute atomic E-state index is 14.2. The number of pyridine rings is 1. The molecule has 10 nitrogen and oxygen atoms in total. The van der Waals surface area contributed by atoms with Crippen LogP contribution in [0.15, 0.2) is 47.6 Å². The third-order valence-corrected chi connectivity index (χ3v) is 4.83. The molecule has 1 aliphatic rings. The number of primary amides is 1. The molecule has 0 saturated carbocycles. The van der Waals surface area contributed by atoms with E-state index in [1.165, 1.54) is 6.07 Å². The lowest BCUT2D eigenvalue weighted by Gasteiger charge is -2.35. The predicted molar refractivity (Wildman–Crippen MR) is 107 cm³/mol.